The number of benzene rings is 1. The van der Waals surface area contributed by atoms with E-state index >= 15 is 0 Å². The van der Waals surface area contributed by atoms with Gasteiger partial charge in [-0.2, -0.15) is 0 Å². The Morgan fingerprint density at radius 2 is 2.06 bits per heavy atom. The summed E-state index contributed by atoms with van der Waals surface area (Å²) in [7, 11) is 0. The summed E-state index contributed by atoms with van der Waals surface area (Å²) in [6.45, 7) is 4.81. The second-order valence-corrected chi connectivity index (χ2v) is 9.84. The van der Waals surface area contributed by atoms with Crippen molar-refractivity contribution in [1.29, 1.82) is 0 Å². The largest absolute Gasteiger partial charge is 0.353 e. The highest BCUT2D eigenvalue weighted by Crippen LogP contribution is 2.39. The number of thiophene rings is 1. The maximum Gasteiger partial charge on any atom is 0.245 e. The van der Waals surface area contributed by atoms with E-state index < -0.39 is 11.5 Å². The fourth-order valence-electron chi connectivity index (χ4n) is 4.62. The Balaban J connectivity index is 1.61. The van der Waals surface area contributed by atoms with Crippen LogP contribution in [0.2, 0.25) is 0 Å². The van der Waals surface area contributed by atoms with E-state index in [2.05, 4.69) is 34.2 Å². The molecule has 2 aromatic rings. The maximum atomic E-state index is 13.4. The van der Waals surface area contributed by atoms with Crippen LogP contribution in [0.15, 0.2) is 41.8 Å². The van der Waals surface area contributed by atoms with Crippen LogP contribution in [-0.4, -0.2) is 47.8 Å². The molecule has 2 fully saturated rings. The van der Waals surface area contributed by atoms with Crippen LogP contribution in [0, 0.1) is 5.41 Å². The van der Waals surface area contributed by atoms with Gasteiger partial charge in [-0.3, -0.25) is 14.4 Å². The lowest BCUT2D eigenvalue weighted by molar-refractivity contribution is -0.135. The average Bonchev–Trinajstić information content (AvgIpc) is 3.49. The highest BCUT2D eigenvalue weighted by atomic mass is 32.1. The van der Waals surface area contributed by atoms with Crippen LogP contribution in [0.4, 0.5) is 0 Å². The molecular formula is C24H29N3O3S. The molecule has 0 aliphatic carbocycles. The number of amides is 3. The van der Waals surface area contributed by atoms with E-state index in [4.69, 9.17) is 0 Å². The van der Waals surface area contributed by atoms with Crippen molar-refractivity contribution in [3.63, 3.8) is 0 Å². The fraction of sp³-hybridized carbons (Fsp3) is 0.458. The maximum absolute atomic E-state index is 13.4. The summed E-state index contributed by atoms with van der Waals surface area (Å²) in [4.78, 5) is 40.9. The Morgan fingerprint density at radius 1 is 1.26 bits per heavy atom. The van der Waals surface area contributed by atoms with Crippen molar-refractivity contribution < 1.29 is 14.4 Å². The van der Waals surface area contributed by atoms with Gasteiger partial charge in [-0.25, -0.2) is 0 Å². The lowest BCUT2D eigenvalue weighted by Crippen LogP contribution is -2.49. The second-order valence-electron chi connectivity index (χ2n) is 8.89. The normalized spacial score (nSPS) is 23.3. The SMILES string of the molecule is CC(C)NC(=O)[C@]1(Cc2ccccc2-c2cccs2)CCN(C(=O)[C@@H]2CCC(=O)N2)C1. The first kappa shape index (κ1) is 21.6. The first-order valence-electron chi connectivity index (χ1n) is 10.9. The zero-order valence-electron chi connectivity index (χ0n) is 18.0. The Kier molecular flexibility index (Phi) is 6.14. The fourth-order valence-corrected chi connectivity index (χ4v) is 5.40. The van der Waals surface area contributed by atoms with Gasteiger partial charge in [-0.15, -0.1) is 11.3 Å². The Labute approximate surface area is 187 Å². The van der Waals surface area contributed by atoms with E-state index in [1.807, 2.05) is 32.0 Å². The van der Waals surface area contributed by atoms with Gasteiger partial charge in [0.05, 0.1) is 5.41 Å². The summed E-state index contributed by atoms with van der Waals surface area (Å²) in [5.74, 6) is -0.155. The molecule has 0 spiro atoms. The average molecular weight is 440 g/mol. The minimum absolute atomic E-state index is 0.00533. The van der Waals surface area contributed by atoms with Gasteiger partial charge in [0.25, 0.3) is 0 Å². The Hall–Kier alpha value is -2.67. The standard InChI is InChI=1S/C24H29N3O3S/c1-16(2)25-23(30)24(11-12-27(15-24)22(29)19-9-10-21(28)26-19)14-17-6-3-4-7-18(17)20-8-5-13-31-20/h3-8,13,16,19H,9-12,14-15H2,1-2H3,(H,25,30)(H,26,28)/t19-,24-/m0/s1. The predicted molar refractivity (Wildman–Crippen MR) is 122 cm³/mol. The summed E-state index contributed by atoms with van der Waals surface area (Å²) in [6, 6.07) is 11.9. The Morgan fingerprint density at radius 3 is 2.74 bits per heavy atom. The predicted octanol–water partition coefficient (Wildman–Crippen LogP) is 2.98. The number of nitrogens with zero attached hydrogens (tertiary/aromatic N) is 1. The lowest BCUT2D eigenvalue weighted by atomic mass is 9.78. The monoisotopic (exact) mass is 439 g/mol. The zero-order valence-corrected chi connectivity index (χ0v) is 18.8. The van der Waals surface area contributed by atoms with Gasteiger partial charge in [-0.1, -0.05) is 30.3 Å². The van der Waals surface area contributed by atoms with Crippen molar-refractivity contribution >= 4 is 29.1 Å². The number of carbonyl (C=O) groups excluding carboxylic acids is 3. The summed E-state index contributed by atoms with van der Waals surface area (Å²) < 4.78 is 0. The van der Waals surface area contributed by atoms with Crippen LogP contribution in [0.5, 0.6) is 0 Å². The van der Waals surface area contributed by atoms with E-state index in [-0.39, 0.29) is 23.8 Å². The molecule has 7 heteroatoms. The number of nitrogens with one attached hydrogen (secondary N) is 2. The summed E-state index contributed by atoms with van der Waals surface area (Å²) in [6.07, 6.45) is 2.09. The van der Waals surface area contributed by atoms with Crippen LogP contribution >= 0.6 is 11.3 Å². The molecule has 3 amide bonds. The Bertz CT molecular complexity index is 972. The molecule has 2 aliphatic heterocycles. The van der Waals surface area contributed by atoms with E-state index in [1.54, 1.807) is 16.2 Å². The first-order chi connectivity index (χ1) is 14.9. The van der Waals surface area contributed by atoms with Gasteiger partial charge in [0.2, 0.25) is 17.7 Å². The quantitative estimate of drug-likeness (QED) is 0.726. The first-order valence-corrected chi connectivity index (χ1v) is 11.8. The molecule has 0 bridgehead atoms. The molecular weight excluding hydrogens is 410 g/mol. The highest BCUT2D eigenvalue weighted by Gasteiger charge is 2.47. The molecule has 0 saturated carbocycles. The third-order valence-electron chi connectivity index (χ3n) is 6.19. The van der Waals surface area contributed by atoms with Crippen LogP contribution in [-0.2, 0) is 20.8 Å². The molecule has 2 aliphatic rings. The smallest absolute Gasteiger partial charge is 0.245 e. The van der Waals surface area contributed by atoms with Gasteiger partial charge >= 0.3 is 0 Å². The summed E-state index contributed by atoms with van der Waals surface area (Å²) in [5.41, 5.74) is 1.57. The van der Waals surface area contributed by atoms with Crippen LogP contribution < -0.4 is 10.6 Å². The molecule has 2 atom stereocenters. The molecule has 0 unspecified atom stereocenters. The number of likely N-dealkylation sites (tertiary alicyclic amines) is 1. The van der Waals surface area contributed by atoms with E-state index in [9.17, 15) is 14.4 Å². The number of rotatable bonds is 6. The van der Waals surface area contributed by atoms with Crippen molar-refractivity contribution in [2.24, 2.45) is 5.41 Å². The number of hydrogen-bond donors (Lipinski definition) is 2. The molecule has 4 rings (SSSR count). The van der Waals surface area contributed by atoms with E-state index in [0.29, 0.717) is 38.8 Å². The van der Waals surface area contributed by atoms with Crippen molar-refractivity contribution in [2.45, 2.75) is 51.6 Å². The van der Waals surface area contributed by atoms with E-state index in [0.717, 1.165) is 11.1 Å². The van der Waals surface area contributed by atoms with Gasteiger partial charge in [0, 0.05) is 30.4 Å². The lowest BCUT2D eigenvalue weighted by Gasteiger charge is -2.30. The molecule has 1 aromatic heterocycles. The minimum atomic E-state index is -0.685. The molecule has 1 aromatic carbocycles. The number of hydrogen-bond acceptors (Lipinski definition) is 4. The van der Waals surface area contributed by atoms with Crippen molar-refractivity contribution in [3.8, 4) is 10.4 Å². The third kappa shape index (κ3) is 4.51. The van der Waals surface area contributed by atoms with Crippen LogP contribution in [0.1, 0.15) is 38.7 Å². The molecule has 2 saturated heterocycles. The highest BCUT2D eigenvalue weighted by molar-refractivity contribution is 7.13. The van der Waals surface area contributed by atoms with Crippen molar-refractivity contribution in [2.75, 3.05) is 13.1 Å². The zero-order chi connectivity index (χ0) is 22.0. The number of carbonyl (C=O) groups is 3. The van der Waals surface area contributed by atoms with Crippen LogP contribution in [0.25, 0.3) is 10.4 Å². The van der Waals surface area contributed by atoms with Crippen LogP contribution in [0.3, 0.4) is 0 Å². The van der Waals surface area contributed by atoms with Gasteiger partial charge in [0.1, 0.15) is 6.04 Å². The van der Waals surface area contributed by atoms with Crippen molar-refractivity contribution in [3.05, 3.63) is 47.3 Å². The topological polar surface area (TPSA) is 78.5 Å². The molecule has 31 heavy (non-hydrogen) atoms. The molecule has 164 valence electrons. The molecule has 2 N–H and O–H groups in total. The van der Waals surface area contributed by atoms with Crippen molar-refractivity contribution in [1.82, 2.24) is 15.5 Å². The van der Waals surface area contributed by atoms with Gasteiger partial charge in [0.15, 0.2) is 0 Å². The minimum Gasteiger partial charge on any atom is -0.353 e. The second kappa shape index (κ2) is 8.83. The van der Waals surface area contributed by atoms with Gasteiger partial charge < -0.3 is 15.5 Å². The molecule has 0 radical (unpaired) electrons. The van der Waals surface area contributed by atoms with Gasteiger partial charge in [-0.05, 0) is 55.7 Å². The molecule has 6 nitrogen and oxygen atoms in total. The summed E-state index contributed by atoms with van der Waals surface area (Å²) >= 11 is 1.68. The van der Waals surface area contributed by atoms with E-state index in [1.165, 1.54) is 4.88 Å². The third-order valence-corrected chi connectivity index (χ3v) is 7.10. The summed E-state index contributed by atoms with van der Waals surface area (Å²) in [5, 5.41) is 7.91. The molecule has 3 heterocycles.